The highest BCUT2D eigenvalue weighted by atomic mass is 19.4. The summed E-state index contributed by atoms with van der Waals surface area (Å²) in [6.07, 6.45) is -2.29. The van der Waals surface area contributed by atoms with E-state index in [4.69, 9.17) is 0 Å². The second-order valence-corrected chi connectivity index (χ2v) is 7.88. The van der Waals surface area contributed by atoms with Crippen LogP contribution in [0.15, 0.2) is 12.1 Å². The van der Waals surface area contributed by atoms with Crippen LogP contribution >= 0.6 is 0 Å². The number of hydrogen-bond donors (Lipinski definition) is 1. The third-order valence-electron chi connectivity index (χ3n) is 5.81. The van der Waals surface area contributed by atoms with Gasteiger partial charge in [-0.2, -0.15) is 13.2 Å². The molecule has 30 heavy (non-hydrogen) atoms. The molecule has 1 amide bonds. The summed E-state index contributed by atoms with van der Waals surface area (Å²) in [5, 5.41) is 2.60. The Morgan fingerprint density at radius 2 is 1.83 bits per heavy atom. The first-order chi connectivity index (χ1) is 14.1. The summed E-state index contributed by atoms with van der Waals surface area (Å²) in [5.74, 6) is -0.584. The van der Waals surface area contributed by atoms with Crippen molar-refractivity contribution in [1.29, 1.82) is 0 Å². The van der Waals surface area contributed by atoms with Crippen LogP contribution in [0.4, 0.5) is 18.9 Å². The number of hydrogen-bond acceptors (Lipinski definition) is 4. The van der Waals surface area contributed by atoms with Gasteiger partial charge in [0.25, 0.3) is 5.91 Å². The van der Waals surface area contributed by atoms with Gasteiger partial charge in [0.1, 0.15) is 5.78 Å². The van der Waals surface area contributed by atoms with Gasteiger partial charge in [-0.05, 0) is 64.5 Å². The van der Waals surface area contributed by atoms with Crippen molar-refractivity contribution in [1.82, 2.24) is 10.2 Å². The number of likely N-dealkylation sites (tertiary alicyclic amines) is 1. The predicted molar refractivity (Wildman–Crippen MR) is 112 cm³/mol. The van der Waals surface area contributed by atoms with Gasteiger partial charge in [0.2, 0.25) is 0 Å². The minimum atomic E-state index is -4.55. The number of alkyl halides is 3. The Balaban J connectivity index is 2.38. The maximum atomic E-state index is 13.6. The Morgan fingerprint density at radius 1 is 1.20 bits per heavy atom. The largest absolute Gasteiger partial charge is 0.416 e. The summed E-state index contributed by atoms with van der Waals surface area (Å²) >= 11 is 0. The molecule has 0 spiro atoms. The number of carbonyl (C=O) groups is 2. The van der Waals surface area contributed by atoms with Gasteiger partial charge >= 0.3 is 6.18 Å². The van der Waals surface area contributed by atoms with Gasteiger partial charge in [0.05, 0.1) is 5.56 Å². The number of ketones is 1. The van der Waals surface area contributed by atoms with E-state index in [1.807, 2.05) is 18.9 Å². The number of nitrogens with one attached hydrogen (secondary N) is 1. The molecule has 0 atom stereocenters. The highest BCUT2D eigenvalue weighted by Crippen LogP contribution is 2.36. The topological polar surface area (TPSA) is 52.7 Å². The van der Waals surface area contributed by atoms with E-state index in [1.165, 1.54) is 0 Å². The van der Waals surface area contributed by atoms with Crippen molar-refractivity contribution in [3.8, 4) is 0 Å². The van der Waals surface area contributed by atoms with Crippen molar-refractivity contribution >= 4 is 17.4 Å². The summed E-state index contributed by atoms with van der Waals surface area (Å²) in [4.78, 5) is 28.3. The first-order valence-corrected chi connectivity index (χ1v) is 10.5. The van der Waals surface area contributed by atoms with Gasteiger partial charge in [-0.25, -0.2) is 0 Å². The van der Waals surface area contributed by atoms with E-state index < -0.39 is 17.6 Å². The van der Waals surface area contributed by atoms with Crippen molar-refractivity contribution in [3.05, 3.63) is 28.8 Å². The lowest BCUT2D eigenvalue weighted by Crippen LogP contribution is -2.44. The number of anilines is 1. The average molecular weight is 428 g/mol. The molecule has 0 aliphatic carbocycles. The molecule has 1 saturated heterocycles. The van der Waals surface area contributed by atoms with Gasteiger partial charge < -0.3 is 15.1 Å². The van der Waals surface area contributed by atoms with Crippen LogP contribution in [-0.2, 0) is 11.0 Å². The molecule has 0 saturated carbocycles. The van der Waals surface area contributed by atoms with Crippen LogP contribution in [0.25, 0.3) is 0 Å². The van der Waals surface area contributed by atoms with Gasteiger partial charge in [-0.1, -0.05) is 6.92 Å². The lowest BCUT2D eigenvalue weighted by molar-refractivity contribution is -0.137. The van der Waals surface area contributed by atoms with Crippen LogP contribution in [0.5, 0.6) is 0 Å². The Labute approximate surface area is 176 Å². The number of amides is 1. The van der Waals surface area contributed by atoms with Crippen LogP contribution in [0.1, 0.15) is 61.0 Å². The SMILES string of the molecule is CCC(=O)CCNC(=O)c1cc(C(F)(F)F)cc(N(CC)C2CCN(C)CC2)c1C. The number of Topliss-reactive ketones (excluding diaryl/α,β-unsaturated/α-hetero) is 1. The standard InChI is InChI=1S/C22H32F3N3O2/c1-5-18(29)7-10-26-21(30)19-13-16(22(23,24)25)14-20(15(19)3)28(6-2)17-8-11-27(4)12-9-17/h13-14,17H,5-12H2,1-4H3,(H,26,30). The van der Waals surface area contributed by atoms with Crippen LogP contribution in [0.3, 0.4) is 0 Å². The van der Waals surface area contributed by atoms with Crippen molar-refractivity contribution in [2.45, 2.75) is 58.7 Å². The number of carbonyl (C=O) groups excluding carboxylic acids is 2. The van der Waals surface area contributed by atoms with Crippen LogP contribution in [-0.4, -0.2) is 55.9 Å². The van der Waals surface area contributed by atoms with Crippen molar-refractivity contribution in [2.24, 2.45) is 0 Å². The Hall–Kier alpha value is -2.09. The average Bonchev–Trinajstić information content (AvgIpc) is 2.69. The molecule has 168 valence electrons. The van der Waals surface area contributed by atoms with E-state index in [9.17, 15) is 22.8 Å². The quantitative estimate of drug-likeness (QED) is 0.681. The van der Waals surface area contributed by atoms with Crippen LogP contribution < -0.4 is 10.2 Å². The fourth-order valence-electron chi connectivity index (χ4n) is 3.92. The monoisotopic (exact) mass is 427 g/mol. The number of benzene rings is 1. The summed E-state index contributed by atoms with van der Waals surface area (Å²) < 4.78 is 40.8. The minimum absolute atomic E-state index is 0.00354. The van der Waals surface area contributed by atoms with E-state index in [-0.39, 0.29) is 30.4 Å². The zero-order valence-corrected chi connectivity index (χ0v) is 18.2. The Kier molecular flexibility index (Phi) is 8.29. The fourth-order valence-corrected chi connectivity index (χ4v) is 3.92. The third kappa shape index (κ3) is 5.97. The maximum Gasteiger partial charge on any atom is 0.416 e. The Morgan fingerprint density at radius 3 is 2.37 bits per heavy atom. The molecular weight excluding hydrogens is 395 g/mol. The molecule has 8 heteroatoms. The molecule has 0 bridgehead atoms. The maximum absolute atomic E-state index is 13.6. The van der Waals surface area contributed by atoms with Crippen molar-refractivity contribution in [3.63, 3.8) is 0 Å². The zero-order chi connectivity index (χ0) is 22.5. The molecule has 1 aromatic rings. The molecule has 5 nitrogen and oxygen atoms in total. The van der Waals surface area contributed by atoms with E-state index in [1.54, 1.807) is 13.8 Å². The number of halogens is 3. The van der Waals surface area contributed by atoms with E-state index in [2.05, 4.69) is 10.2 Å². The second kappa shape index (κ2) is 10.3. The summed E-state index contributed by atoms with van der Waals surface area (Å²) in [6, 6.07) is 2.21. The van der Waals surface area contributed by atoms with Crippen molar-refractivity contribution in [2.75, 3.05) is 38.1 Å². The van der Waals surface area contributed by atoms with Crippen LogP contribution in [0.2, 0.25) is 0 Å². The lowest BCUT2D eigenvalue weighted by atomic mass is 9.97. The van der Waals surface area contributed by atoms with Crippen molar-refractivity contribution < 1.29 is 22.8 Å². The van der Waals surface area contributed by atoms with E-state index in [0.29, 0.717) is 24.2 Å². The van der Waals surface area contributed by atoms with Gasteiger partial charge in [0, 0.05) is 43.2 Å². The highest BCUT2D eigenvalue weighted by Gasteiger charge is 2.34. The fraction of sp³-hybridized carbons (Fsp3) is 0.636. The first kappa shape index (κ1) is 24.2. The molecule has 1 N–H and O–H groups in total. The van der Waals surface area contributed by atoms with E-state index in [0.717, 1.165) is 38.1 Å². The summed E-state index contributed by atoms with van der Waals surface area (Å²) in [7, 11) is 2.04. The highest BCUT2D eigenvalue weighted by molar-refractivity contribution is 5.97. The molecule has 1 aliphatic heterocycles. The number of nitrogens with zero attached hydrogens (tertiary/aromatic N) is 2. The Bertz CT molecular complexity index is 757. The summed E-state index contributed by atoms with van der Waals surface area (Å²) in [6.45, 7) is 7.80. The van der Waals surface area contributed by atoms with E-state index >= 15 is 0 Å². The predicted octanol–water partition coefficient (Wildman–Crippen LogP) is 4.03. The second-order valence-electron chi connectivity index (χ2n) is 7.88. The molecule has 1 heterocycles. The van der Waals surface area contributed by atoms with Gasteiger partial charge in [-0.3, -0.25) is 9.59 Å². The van der Waals surface area contributed by atoms with Gasteiger partial charge in [-0.15, -0.1) is 0 Å². The molecule has 0 radical (unpaired) electrons. The first-order valence-electron chi connectivity index (χ1n) is 10.5. The lowest BCUT2D eigenvalue weighted by Gasteiger charge is -2.39. The zero-order valence-electron chi connectivity index (χ0n) is 18.2. The molecule has 2 rings (SSSR count). The smallest absolute Gasteiger partial charge is 0.368 e. The van der Waals surface area contributed by atoms with Crippen LogP contribution in [0, 0.1) is 6.92 Å². The summed E-state index contributed by atoms with van der Waals surface area (Å²) in [5.41, 5.74) is 0.166. The molecule has 1 aromatic carbocycles. The van der Waals surface area contributed by atoms with Gasteiger partial charge in [0.15, 0.2) is 0 Å². The molecule has 1 aliphatic rings. The third-order valence-corrected chi connectivity index (χ3v) is 5.81. The number of piperidine rings is 1. The molecule has 0 aromatic heterocycles. The molecule has 0 unspecified atom stereocenters. The normalized spacial score (nSPS) is 15.8. The minimum Gasteiger partial charge on any atom is -0.368 e. The molecule has 1 fully saturated rings. The molecular formula is C22H32F3N3O2. The number of rotatable bonds is 8.